The summed E-state index contributed by atoms with van der Waals surface area (Å²) in [6.07, 6.45) is 6.58. The molecule has 0 aliphatic carbocycles. The largest absolute Gasteiger partial charge is 0.449 e. The Balaban J connectivity index is 1.93. The molecule has 0 aromatic carbocycles. The lowest BCUT2D eigenvalue weighted by Gasteiger charge is -2.17. The molecule has 3 aromatic rings. The van der Waals surface area contributed by atoms with Crippen LogP contribution in [0.4, 0.5) is 0 Å². The van der Waals surface area contributed by atoms with Gasteiger partial charge in [0.25, 0.3) is 5.91 Å². The number of carbonyl (C=O) groups is 1. The maximum absolute atomic E-state index is 12.5. The van der Waals surface area contributed by atoms with Crippen LogP contribution in [0, 0.1) is 0 Å². The summed E-state index contributed by atoms with van der Waals surface area (Å²) in [7, 11) is 0. The molecule has 0 unspecified atom stereocenters. The molecule has 0 aliphatic heterocycles. The molecule has 0 saturated heterocycles. The third-order valence-corrected chi connectivity index (χ3v) is 3.39. The van der Waals surface area contributed by atoms with E-state index in [0.29, 0.717) is 24.5 Å². The van der Waals surface area contributed by atoms with Gasteiger partial charge in [-0.1, -0.05) is 12.2 Å². The monoisotopic (exact) mass is 308 g/mol. The first-order valence-corrected chi connectivity index (χ1v) is 7.14. The van der Waals surface area contributed by atoms with Gasteiger partial charge in [0.2, 0.25) is 0 Å². The fraction of sp³-hybridized carbons (Fsp3) is 0.118. The zero-order valence-electron chi connectivity index (χ0n) is 12.5. The van der Waals surface area contributed by atoms with Crippen molar-refractivity contribution in [3.05, 3.63) is 61.8 Å². The Labute approximate surface area is 133 Å². The summed E-state index contributed by atoms with van der Waals surface area (Å²) in [5.41, 5.74) is 1.37. The number of fused-ring (bicyclic) bond motifs is 1. The van der Waals surface area contributed by atoms with E-state index in [0.717, 1.165) is 11.0 Å². The highest BCUT2D eigenvalue weighted by atomic mass is 16.4. The van der Waals surface area contributed by atoms with Crippen LogP contribution in [-0.4, -0.2) is 38.8 Å². The maximum atomic E-state index is 12.5. The number of nitrogens with one attached hydrogen (secondary N) is 1. The first kappa shape index (κ1) is 14.8. The van der Waals surface area contributed by atoms with Crippen LogP contribution in [0.2, 0.25) is 0 Å². The van der Waals surface area contributed by atoms with Gasteiger partial charge in [0.05, 0.1) is 0 Å². The number of nitrogens with zero attached hydrogens (tertiary/aromatic N) is 3. The second kappa shape index (κ2) is 6.31. The summed E-state index contributed by atoms with van der Waals surface area (Å²) >= 11 is 0. The summed E-state index contributed by atoms with van der Waals surface area (Å²) in [4.78, 5) is 25.5. The molecule has 6 heteroatoms. The number of carbonyl (C=O) groups excluding carboxylic acids is 1. The average molecular weight is 308 g/mol. The van der Waals surface area contributed by atoms with Crippen molar-refractivity contribution in [2.24, 2.45) is 0 Å². The van der Waals surface area contributed by atoms with Crippen molar-refractivity contribution in [3.8, 4) is 11.5 Å². The zero-order chi connectivity index (χ0) is 16.2. The number of rotatable bonds is 6. The first-order chi connectivity index (χ1) is 11.2. The minimum atomic E-state index is -0.213. The summed E-state index contributed by atoms with van der Waals surface area (Å²) in [6, 6.07) is 5.26. The topological polar surface area (TPSA) is 75.0 Å². The molecule has 0 spiro atoms. The fourth-order valence-electron chi connectivity index (χ4n) is 2.36. The molecule has 0 atom stereocenters. The van der Waals surface area contributed by atoms with Crippen molar-refractivity contribution >= 4 is 16.9 Å². The van der Waals surface area contributed by atoms with Crippen molar-refractivity contribution in [2.45, 2.75) is 0 Å². The predicted octanol–water partition coefficient (Wildman–Crippen LogP) is 3.03. The van der Waals surface area contributed by atoms with Crippen LogP contribution in [0.5, 0.6) is 0 Å². The van der Waals surface area contributed by atoms with Crippen LogP contribution in [0.15, 0.2) is 60.5 Å². The lowest BCUT2D eigenvalue weighted by Crippen LogP contribution is -2.30. The Kier molecular flexibility index (Phi) is 4.05. The Bertz CT molecular complexity index is 852. The van der Waals surface area contributed by atoms with E-state index in [9.17, 15) is 4.79 Å². The van der Waals surface area contributed by atoms with Gasteiger partial charge in [-0.15, -0.1) is 13.2 Å². The van der Waals surface area contributed by atoms with Gasteiger partial charge < -0.3 is 14.3 Å². The van der Waals surface area contributed by atoms with E-state index < -0.39 is 0 Å². The van der Waals surface area contributed by atoms with Crippen LogP contribution in [0.3, 0.4) is 0 Å². The van der Waals surface area contributed by atoms with E-state index in [1.807, 2.05) is 6.07 Å². The highest BCUT2D eigenvalue weighted by Crippen LogP contribution is 2.26. The van der Waals surface area contributed by atoms with Gasteiger partial charge in [-0.2, -0.15) is 0 Å². The molecular weight excluding hydrogens is 292 g/mol. The summed E-state index contributed by atoms with van der Waals surface area (Å²) in [5.74, 6) is 0.568. The van der Waals surface area contributed by atoms with E-state index in [4.69, 9.17) is 4.42 Å². The van der Waals surface area contributed by atoms with Gasteiger partial charge in [0.1, 0.15) is 17.7 Å². The molecule has 116 valence electrons. The smallest absolute Gasteiger partial charge is 0.290 e. The normalized spacial score (nSPS) is 10.6. The molecule has 0 fully saturated rings. The SMILES string of the molecule is C=CCN(CC=C)C(=O)c1ccc(-c2ncnc3[nH]ccc23)o1. The van der Waals surface area contributed by atoms with Crippen LogP contribution in [-0.2, 0) is 0 Å². The quantitative estimate of drug-likeness (QED) is 0.710. The fourth-order valence-corrected chi connectivity index (χ4v) is 2.36. The molecule has 0 saturated carbocycles. The Morgan fingerprint density at radius 3 is 2.74 bits per heavy atom. The maximum Gasteiger partial charge on any atom is 0.290 e. The van der Waals surface area contributed by atoms with Gasteiger partial charge in [-0.05, 0) is 18.2 Å². The third-order valence-electron chi connectivity index (χ3n) is 3.39. The molecule has 1 N–H and O–H groups in total. The molecule has 23 heavy (non-hydrogen) atoms. The van der Waals surface area contributed by atoms with Crippen LogP contribution in [0.1, 0.15) is 10.6 Å². The lowest BCUT2D eigenvalue weighted by atomic mass is 10.2. The van der Waals surface area contributed by atoms with Crippen molar-refractivity contribution in [1.82, 2.24) is 19.9 Å². The molecule has 0 aliphatic rings. The molecular formula is C17H16N4O2. The number of aromatic nitrogens is 3. The Morgan fingerprint density at radius 2 is 2.00 bits per heavy atom. The number of hydrogen-bond acceptors (Lipinski definition) is 4. The van der Waals surface area contributed by atoms with Crippen LogP contribution in [0.25, 0.3) is 22.5 Å². The minimum Gasteiger partial charge on any atom is -0.449 e. The summed E-state index contributed by atoms with van der Waals surface area (Å²) in [5, 5.41) is 0.842. The number of hydrogen-bond donors (Lipinski definition) is 1. The first-order valence-electron chi connectivity index (χ1n) is 7.14. The van der Waals surface area contributed by atoms with Crippen LogP contribution < -0.4 is 0 Å². The molecule has 3 rings (SSSR count). The third kappa shape index (κ3) is 2.78. The van der Waals surface area contributed by atoms with Gasteiger partial charge in [-0.25, -0.2) is 9.97 Å². The molecule has 3 aromatic heterocycles. The average Bonchev–Trinajstić information content (AvgIpc) is 3.22. The predicted molar refractivity (Wildman–Crippen MR) is 87.9 cm³/mol. The Hall–Kier alpha value is -3.15. The minimum absolute atomic E-state index is 0.213. The number of amides is 1. The zero-order valence-corrected chi connectivity index (χ0v) is 12.5. The molecule has 0 bridgehead atoms. The van der Waals surface area contributed by atoms with Gasteiger partial charge in [0.15, 0.2) is 11.5 Å². The van der Waals surface area contributed by atoms with Crippen molar-refractivity contribution in [1.29, 1.82) is 0 Å². The van der Waals surface area contributed by atoms with Crippen molar-refractivity contribution in [2.75, 3.05) is 13.1 Å². The van der Waals surface area contributed by atoms with Crippen molar-refractivity contribution in [3.63, 3.8) is 0 Å². The number of furan rings is 1. The van der Waals surface area contributed by atoms with E-state index >= 15 is 0 Å². The second-order valence-electron chi connectivity index (χ2n) is 4.91. The van der Waals surface area contributed by atoms with Crippen LogP contribution >= 0.6 is 0 Å². The van der Waals surface area contributed by atoms with E-state index in [1.54, 1.807) is 35.4 Å². The molecule has 6 nitrogen and oxygen atoms in total. The van der Waals surface area contributed by atoms with E-state index in [2.05, 4.69) is 28.1 Å². The van der Waals surface area contributed by atoms with Gasteiger partial charge in [-0.3, -0.25) is 4.79 Å². The lowest BCUT2D eigenvalue weighted by molar-refractivity contribution is 0.0760. The Morgan fingerprint density at radius 1 is 1.22 bits per heavy atom. The van der Waals surface area contributed by atoms with E-state index in [-0.39, 0.29) is 11.7 Å². The highest BCUT2D eigenvalue weighted by molar-refractivity contribution is 5.94. The summed E-state index contributed by atoms with van der Waals surface area (Å²) < 4.78 is 5.72. The molecule has 3 heterocycles. The molecule has 0 radical (unpaired) electrons. The second-order valence-corrected chi connectivity index (χ2v) is 4.91. The standard InChI is InChI=1S/C17H16N4O2/c1-3-9-21(10-4-2)17(22)14-6-5-13(23-14)15-12-7-8-18-16(12)20-11-19-15/h3-8,11H,1-2,9-10H2,(H,18,19,20). The number of H-pyrrole nitrogens is 1. The number of aromatic amines is 1. The van der Waals surface area contributed by atoms with Gasteiger partial charge >= 0.3 is 0 Å². The highest BCUT2D eigenvalue weighted by Gasteiger charge is 2.19. The van der Waals surface area contributed by atoms with Crippen molar-refractivity contribution < 1.29 is 9.21 Å². The molecule has 1 amide bonds. The van der Waals surface area contributed by atoms with Gasteiger partial charge in [0, 0.05) is 24.7 Å². The summed E-state index contributed by atoms with van der Waals surface area (Å²) in [6.45, 7) is 8.18. The van der Waals surface area contributed by atoms with E-state index in [1.165, 1.54) is 6.33 Å².